The molecule has 0 spiro atoms. The first-order valence-electron chi connectivity index (χ1n) is 7.78. The van der Waals surface area contributed by atoms with Gasteiger partial charge in [-0.3, -0.25) is 9.45 Å². The highest BCUT2D eigenvalue weighted by Crippen LogP contribution is 2.08. The van der Waals surface area contributed by atoms with Crippen LogP contribution >= 0.6 is 0 Å². The molecule has 0 radical (unpaired) electrons. The molecule has 0 saturated carbocycles. The molecule has 0 heterocycles. The maximum Gasteiger partial charge on any atom is 0.266 e. The summed E-state index contributed by atoms with van der Waals surface area (Å²) in [5.41, 5.74) is 0. The van der Waals surface area contributed by atoms with Crippen LogP contribution in [0.15, 0.2) is 0 Å². The van der Waals surface area contributed by atoms with E-state index in [4.69, 9.17) is 9.66 Å². The Morgan fingerprint density at radius 1 is 0.850 bits per heavy atom. The summed E-state index contributed by atoms with van der Waals surface area (Å²) in [5, 5.41) is 8.94. The Morgan fingerprint density at radius 3 is 1.90 bits per heavy atom. The number of aliphatic hydroxyl groups excluding tert-OH is 1. The van der Waals surface area contributed by atoms with Crippen molar-refractivity contribution in [1.29, 1.82) is 0 Å². The van der Waals surface area contributed by atoms with Crippen LogP contribution in [0.4, 0.5) is 0 Å². The van der Waals surface area contributed by atoms with Crippen LogP contribution < -0.4 is 0 Å². The lowest BCUT2D eigenvalue weighted by Gasteiger charge is -2.20. The number of hydrogen-bond donors (Lipinski definition) is 2. The molecule has 6 heteroatoms. The van der Waals surface area contributed by atoms with E-state index in [1.54, 1.807) is 0 Å². The van der Waals surface area contributed by atoms with Crippen LogP contribution in [0.1, 0.15) is 58.3 Å². The molecule has 0 aliphatic heterocycles. The Balaban J connectivity index is 3.60. The maximum absolute atomic E-state index is 10.7. The summed E-state index contributed by atoms with van der Waals surface area (Å²) in [6.45, 7) is 3.76. The van der Waals surface area contributed by atoms with E-state index >= 15 is 0 Å². The molecule has 0 atom stereocenters. The van der Waals surface area contributed by atoms with E-state index in [0.29, 0.717) is 6.54 Å². The summed E-state index contributed by atoms with van der Waals surface area (Å²) in [7, 11) is -3.91. The van der Waals surface area contributed by atoms with Crippen molar-refractivity contribution in [2.24, 2.45) is 0 Å². The van der Waals surface area contributed by atoms with Gasteiger partial charge in [0.15, 0.2) is 0 Å². The first-order valence-corrected chi connectivity index (χ1v) is 9.39. The molecule has 122 valence electrons. The number of rotatable bonds is 14. The van der Waals surface area contributed by atoms with Crippen LogP contribution in [0.3, 0.4) is 0 Å². The van der Waals surface area contributed by atoms with Crippen LogP contribution in [0.25, 0.3) is 0 Å². The lowest BCUT2D eigenvalue weighted by atomic mass is 10.1. The fourth-order valence-electron chi connectivity index (χ4n) is 2.19. The van der Waals surface area contributed by atoms with Crippen LogP contribution in [0.5, 0.6) is 0 Å². The number of nitrogens with zero attached hydrogens (tertiary/aromatic N) is 1. The summed E-state index contributed by atoms with van der Waals surface area (Å²) < 4.78 is 30.1. The summed E-state index contributed by atoms with van der Waals surface area (Å²) in [6, 6.07) is 0. The van der Waals surface area contributed by atoms with Gasteiger partial charge in [-0.25, -0.2) is 0 Å². The lowest BCUT2D eigenvalue weighted by molar-refractivity contribution is 0.199. The zero-order chi connectivity index (χ0) is 15.3. The average molecular weight is 309 g/mol. The minimum Gasteiger partial charge on any atom is -0.395 e. The molecule has 0 aliphatic rings. The fourth-order valence-corrected chi connectivity index (χ4v) is 2.68. The highest BCUT2D eigenvalue weighted by atomic mass is 32.2. The third-order valence-corrected chi connectivity index (χ3v) is 4.11. The predicted octanol–water partition coefficient (Wildman–Crippen LogP) is 2.31. The summed E-state index contributed by atoms with van der Waals surface area (Å²) in [6.07, 6.45) is 9.85. The summed E-state index contributed by atoms with van der Waals surface area (Å²) in [5.74, 6) is -0.260. The quantitative estimate of drug-likeness (QED) is 0.380. The van der Waals surface area contributed by atoms with Gasteiger partial charge in [0.25, 0.3) is 10.1 Å². The van der Waals surface area contributed by atoms with Gasteiger partial charge in [-0.05, 0) is 13.0 Å². The highest BCUT2D eigenvalue weighted by Gasteiger charge is 2.09. The van der Waals surface area contributed by atoms with Gasteiger partial charge in [0.1, 0.15) is 0 Å². The Morgan fingerprint density at radius 2 is 1.40 bits per heavy atom. The van der Waals surface area contributed by atoms with Crippen molar-refractivity contribution in [2.45, 2.75) is 58.3 Å². The van der Waals surface area contributed by atoms with E-state index < -0.39 is 10.1 Å². The molecule has 0 aliphatic carbocycles. The van der Waals surface area contributed by atoms with E-state index in [9.17, 15) is 8.42 Å². The molecular weight excluding hydrogens is 278 g/mol. The second-order valence-corrected chi connectivity index (χ2v) is 6.90. The molecule has 0 rings (SSSR count). The SMILES string of the molecule is CCCCCCCCCCN(CCO)CCS(=O)(=O)O. The van der Waals surface area contributed by atoms with Gasteiger partial charge in [-0.15, -0.1) is 0 Å². The van der Waals surface area contributed by atoms with Crippen molar-refractivity contribution < 1.29 is 18.1 Å². The van der Waals surface area contributed by atoms with E-state index in [0.717, 1.165) is 19.4 Å². The third kappa shape index (κ3) is 14.2. The number of aliphatic hydroxyl groups is 1. The molecule has 0 amide bonds. The van der Waals surface area contributed by atoms with Gasteiger partial charge in [0, 0.05) is 13.1 Å². The zero-order valence-corrected chi connectivity index (χ0v) is 13.6. The molecular formula is C14H31NO4S. The summed E-state index contributed by atoms with van der Waals surface area (Å²) in [4.78, 5) is 1.89. The number of hydrogen-bond acceptors (Lipinski definition) is 4. The van der Waals surface area contributed by atoms with Gasteiger partial charge in [-0.2, -0.15) is 8.42 Å². The van der Waals surface area contributed by atoms with Crippen molar-refractivity contribution >= 4 is 10.1 Å². The molecule has 0 saturated heterocycles. The minimum atomic E-state index is -3.91. The smallest absolute Gasteiger partial charge is 0.266 e. The van der Waals surface area contributed by atoms with Crippen molar-refractivity contribution in [3.63, 3.8) is 0 Å². The molecule has 0 unspecified atom stereocenters. The molecule has 0 bridgehead atoms. The second-order valence-electron chi connectivity index (χ2n) is 5.33. The largest absolute Gasteiger partial charge is 0.395 e. The first kappa shape index (κ1) is 19.8. The molecule has 5 nitrogen and oxygen atoms in total. The van der Waals surface area contributed by atoms with Crippen molar-refractivity contribution in [3.8, 4) is 0 Å². The van der Waals surface area contributed by atoms with E-state index in [-0.39, 0.29) is 18.9 Å². The normalized spacial score (nSPS) is 12.2. The van der Waals surface area contributed by atoms with Gasteiger partial charge in [-0.1, -0.05) is 51.9 Å². The molecule has 0 aromatic heterocycles. The zero-order valence-electron chi connectivity index (χ0n) is 12.8. The van der Waals surface area contributed by atoms with Crippen LogP contribution in [0, 0.1) is 0 Å². The molecule has 0 aromatic rings. The van der Waals surface area contributed by atoms with Gasteiger partial charge in [0.2, 0.25) is 0 Å². The Kier molecular flexibility index (Phi) is 12.5. The number of unbranched alkanes of at least 4 members (excludes halogenated alkanes) is 7. The van der Waals surface area contributed by atoms with Crippen molar-refractivity contribution in [2.75, 3.05) is 32.0 Å². The molecule has 20 heavy (non-hydrogen) atoms. The molecule has 0 fully saturated rings. The lowest BCUT2D eigenvalue weighted by Crippen LogP contribution is -2.32. The third-order valence-electron chi connectivity index (χ3n) is 3.41. The Hall–Kier alpha value is -0.170. The Bertz CT molecular complexity index is 306. The molecule has 0 aromatic carbocycles. The second kappa shape index (κ2) is 12.6. The topological polar surface area (TPSA) is 77.8 Å². The standard InChI is InChI=1S/C14H31NO4S/c1-2-3-4-5-6-7-8-9-10-15(11-13-16)12-14-20(17,18)19/h16H,2-14H2,1H3,(H,17,18,19). The molecule has 2 N–H and O–H groups in total. The summed E-state index contributed by atoms with van der Waals surface area (Å²) >= 11 is 0. The highest BCUT2D eigenvalue weighted by molar-refractivity contribution is 7.85. The average Bonchev–Trinajstić information content (AvgIpc) is 2.38. The van der Waals surface area contributed by atoms with E-state index in [1.165, 1.54) is 38.5 Å². The van der Waals surface area contributed by atoms with Crippen LogP contribution in [-0.4, -0.2) is 55.0 Å². The van der Waals surface area contributed by atoms with Crippen LogP contribution in [-0.2, 0) is 10.1 Å². The van der Waals surface area contributed by atoms with Gasteiger partial charge < -0.3 is 5.11 Å². The van der Waals surface area contributed by atoms with Crippen LogP contribution in [0.2, 0.25) is 0 Å². The fraction of sp³-hybridized carbons (Fsp3) is 1.00. The predicted molar refractivity (Wildman–Crippen MR) is 82.6 cm³/mol. The van der Waals surface area contributed by atoms with Gasteiger partial charge >= 0.3 is 0 Å². The Labute approximate surface area is 124 Å². The van der Waals surface area contributed by atoms with Crippen molar-refractivity contribution in [1.82, 2.24) is 4.90 Å². The van der Waals surface area contributed by atoms with E-state index in [2.05, 4.69) is 6.92 Å². The monoisotopic (exact) mass is 309 g/mol. The van der Waals surface area contributed by atoms with Gasteiger partial charge in [0.05, 0.1) is 12.4 Å². The maximum atomic E-state index is 10.7. The first-order chi connectivity index (χ1) is 9.49. The van der Waals surface area contributed by atoms with Crippen molar-refractivity contribution in [3.05, 3.63) is 0 Å². The van der Waals surface area contributed by atoms with E-state index in [1.807, 2.05) is 4.90 Å². The minimum absolute atomic E-state index is 0.0164.